The van der Waals surface area contributed by atoms with Gasteiger partial charge in [-0.1, -0.05) is 19.6 Å². The quantitative estimate of drug-likeness (QED) is 0.185. The van der Waals surface area contributed by atoms with E-state index >= 15 is 0 Å². The number of hydrogen-bond acceptors (Lipinski definition) is 5. The Hall–Kier alpha value is -3.83. The predicted octanol–water partition coefficient (Wildman–Crippen LogP) is 5.98. The minimum absolute atomic E-state index is 0.299. The highest BCUT2D eigenvalue weighted by molar-refractivity contribution is 6.76. The number of amides is 1. The Balaban J connectivity index is 1.55. The molecule has 40 heavy (non-hydrogen) atoms. The Labute approximate surface area is 233 Å². The first-order valence-corrected chi connectivity index (χ1v) is 17.4. The maximum absolute atomic E-state index is 12.0. The van der Waals surface area contributed by atoms with Crippen LogP contribution in [0.5, 0.6) is 5.75 Å². The van der Waals surface area contributed by atoms with Crippen LogP contribution < -0.4 is 4.74 Å². The maximum Gasteiger partial charge on any atom is 0.407 e. The molecule has 1 atom stereocenters. The van der Waals surface area contributed by atoms with Gasteiger partial charge in [0.2, 0.25) is 0 Å². The number of ether oxygens (including phenoxy) is 2. The molecule has 1 aliphatic rings. The van der Waals surface area contributed by atoms with E-state index in [1.54, 1.807) is 13.3 Å². The highest BCUT2D eigenvalue weighted by Crippen LogP contribution is 2.38. The number of aromatic nitrogens is 5. The molecule has 1 unspecified atom stereocenters. The van der Waals surface area contributed by atoms with Crippen molar-refractivity contribution in [1.82, 2.24) is 28.4 Å². The molecule has 1 aromatic carbocycles. The summed E-state index contributed by atoms with van der Waals surface area (Å²) in [6.45, 7) is 8.59. The summed E-state index contributed by atoms with van der Waals surface area (Å²) in [7, 11) is 2.47. The van der Waals surface area contributed by atoms with Gasteiger partial charge in [0, 0.05) is 50.9 Å². The average Bonchev–Trinajstić information content (AvgIpc) is 3.69. The van der Waals surface area contributed by atoms with Crippen molar-refractivity contribution in [3.63, 3.8) is 0 Å². The molecule has 1 fully saturated rings. The normalized spacial score (nSPS) is 16.1. The number of rotatable bonds is 8. The third kappa shape index (κ3) is 4.52. The number of methoxy groups -OCH3 is 1. The van der Waals surface area contributed by atoms with Gasteiger partial charge in [0.05, 0.1) is 42.3 Å². The molecule has 4 aromatic heterocycles. The summed E-state index contributed by atoms with van der Waals surface area (Å²) in [4.78, 5) is 23.1. The van der Waals surface area contributed by atoms with E-state index in [0.29, 0.717) is 19.9 Å². The van der Waals surface area contributed by atoms with Gasteiger partial charge in [-0.2, -0.15) is 0 Å². The summed E-state index contributed by atoms with van der Waals surface area (Å²) in [5, 5.41) is 10.9. The number of hydrogen-bond donors (Lipinski definition) is 1. The standard InChI is InChI=1S/C29H36N6O4Si/c1-32-17-22(21-13-20(38-2)8-9-23(21)32)25-14-26-27(34(25)18-39-11-12-40(3,4)5)30-15-19-16-31-28(35(19)26)24-7-6-10-33(24)29(36)37/h8-9,13-17,24H,6-7,10-12,18H2,1-5H3,(H,36,37). The first-order valence-electron chi connectivity index (χ1n) is 13.7. The fourth-order valence-electron chi connectivity index (χ4n) is 5.78. The van der Waals surface area contributed by atoms with Gasteiger partial charge in [0.1, 0.15) is 18.3 Å². The second kappa shape index (κ2) is 9.97. The molecule has 1 saturated heterocycles. The van der Waals surface area contributed by atoms with E-state index in [0.717, 1.165) is 69.3 Å². The molecule has 5 heterocycles. The topological polar surface area (TPSA) is 99.1 Å². The molecule has 1 aliphatic heterocycles. The summed E-state index contributed by atoms with van der Waals surface area (Å²) in [6, 6.07) is 9.01. The maximum atomic E-state index is 12.0. The lowest BCUT2D eigenvalue weighted by Gasteiger charge is -2.20. The number of nitrogens with zero attached hydrogens (tertiary/aromatic N) is 6. The van der Waals surface area contributed by atoms with Gasteiger partial charge >= 0.3 is 6.09 Å². The lowest BCUT2D eigenvalue weighted by molar-refractivity contribution is 0.0909. The largest absolute Gasteiger partial charge is 0.497 e. The first kappa shape index (κ1) is 26.4. The molecule has 0 radical (unpaired) electrons. The van der Waals surface area contributed by atoms with E-state index in [-0.39, 0.29) is 6.04 Å². The van der Waals surface area contributed by atoms with Crippen LogP contribution in [-0.2, 0) is 18.5 Å². The lowest BCUT2D eigenvalue weighted by Crippen LogP contribution is -2.29. The second-order valence-electron chi connectivity index (χ2n) is 11.8. The fourth-order valence-corrected chi connectivity index (χ4v) is 6.53. The minimum atomic E-state index is -1.25. The minimum Gasteiger partial charge on any atom is -0.497 e. The highest BCUT2D eigenvalue weighted by Gasteiger charge is 2.33. The molecule has 1 amide bonds. The van der Waals surface area contributed by atoms with Crippen molar-refractivity contribution in [1.29, 1.82) is 0 Å². The molecule has 6 rings (SSSR count). The third-order valence-corrected chi connectivity index (χ3v) is 9.62. The zero-order valence-electron chi connectivity index (χ0n) is 23.7. The van der Waals surface area contributed by atoms with Crippen LogP contribution in [0.25, 0.3) is 38.8 Å². The van der Waals surface area contributed by atoms with Gasteiger partial charge in [-0.05, 0) is 43.2 Å². The molecule has 11 heteroatoms. The van der Waals surface area contributed by atoms with E-state index in [1.807, 2.05) is 19.3 Å². The number of benzene rings is 1. The van der Waals surface area contributed by atoms with Crippen LogP contribution in [0.2, 0.25) is 25.7 Å². The monoisotopic (exact) mass is 560 g/mol. The fraction of sp³-hybridized carbons (Fsp3) is 0.414. The highest BCUT2D eigenvalue weighted by atomic mass is 28.3. The van der Waals surface area contributed by atoms with Crippen LogP contribution in [0.4, 0.5) is 4.79 Å². The lowest BCUT2D eigenvalue weighted by atomic mass is 10.1. The van der Waals surface area contributed by atoms with E-state index in [9.17, 15) is 9.90 Å². The zero-order chi connectivity index (χ0) is 28.2. The van der Waals surface area contributed by atoms with Crippen molar-refractivity contribution in [3.8, 4) is 17.0 Å². The van der Waals surface area contributed by atoms with Crippen LogP contribution in [0, 0.1) is 0 Å². The number of imidazole rings is 1. The van der Waals surface area contributed by atoms with Gasteiger partial charge in [0.15, 0.2) is 5.65 Å². The van der Waals surface area contributed by atoms with Crippen molar-refractivity contribution in [3.05, 3.63) is 48.7 Å². The van der Waals surface area contributed by atoms with Gasteiger partial charge in [-0.15, -0.1) is 0 Å². The van der Waals surface area contributed by atoms with E-state index in [2.05, 4.69) is 57.6 Å². The van der Waals surface area contributed by atoms with Crippen molar-refractivity contribution in [2.24, 2.45) is 7.05 Å². The molecule has 210 valence electrons. The molecule has 0 spiro atoms. The third-order valence-electron chi connectivity index (χ3n) is 7.91. The molecule has 5 aromatic rings. The van der Waals surface area contributed by atoms with Crippen molar-refractivity contribution < 1.29 is 19.4 Å². The molecule has 10 nitrogen and oxygen atoms in total. The summed E-state index contributed by atoms with van der Waals surface area (Å²) in [5.74, 6) is 1.52. The summed E-state index contributed by atoms with van der Waals surface area (Å²) >= 11 is 0. The Kier molecular flexibility index (Phi) is 6.58. The van der Waals surface area contributed by atoms with Crippen LogP contribution in [-0.4, -0.2) is 67.9 Å². The van der Waals surface area contributed by atoms with Gasteiger partial charge < -0.3 is 19.1 Å². The second-order valence-corrected chi connectivity index (χ2v) is 17.4. The van der Waals surface area contributed by atoms with E-state index < -0.39 is 14.2 Å². The number of aryl methyl sites for hydroxylation is 1. The molecule has 1 N–H and O–H groups in total. The average molecular weight is 561 g/mol. The first-order chi connectivity index (χ1) is 19.2. The smallest absolute Gasteiger partial charge is 0.407 e. The molecule has 0 aliphatic carbocycles. The number of carbonyl (C=O) groups is 1. The van der Waals surface area contributed by atoms with Gasteiger partial charge in [-0.3, -0.25) is 13.9 Å². The Morgan fingerprint density at radius 2 is 1.95 bits per heavy atom. The molecular formula is C29H36N6O4Si. The summed E-state index contributed by atoms with van der Waals surface area (Å²) in [5.41, 5.74) is 5.61. The van der Waals surface area contributed by atoms with E-state index in [4.69, 9.17) is 19.4 Å². The van der Waals surface area contributed by atoms with E-state index in [1.165, 1.54) is 4.90 Å². The number of fused-ring (bicyclic) bond motifs is 4. The van der Waals surface area contributed by atoms with Crippen molar-refractivity contribution in [2.75, 3.05) is 20.3 Å². The number of carboxylic acid groups (broad SMARTS) is 1. The molecular weight excluding hydrogens is 524 g/mol. The van der Waals surface area contributed by atoms with Crippen LogP contribution in [0.1, 0.15) is 24.7 Å². The van der Waals surface area contributed by atoms with Crippen LogP contribution in [0.3, 0.4) is 0 Å². The van der Waals surface area contributed by atoms with Crippen molar-refractivity contribution in [2.45, 2.75) is 51.3 Å². The SMILES string of the molecule is COc1ccc2c(c1)c(-c1cc3c(ncc4cnc(C5CCCN5C(=O)O)n43)n1COCC[Si](C)(C)C)cn2C. The Morgan fingerprint density at radius 3 is 2.70 bits per heavy atom. The zero-order valence-corrected chi connectivity index (χ0v) is 24.7. The Morgan fingerprint density at radius 1 is 1.15 bits per heavy atom. The predicted molar refractivity (Wildman–Crippen MR) is 158 cm³/mol. The summed E-state index contributed by atoms with van der Waals surface area (Å²) < 4.78 is 18.1. The summed E-state index contributed by atoms with van der Waals surface area (Å²) in [6.07, 6.45) is 6.37. The van der Waals surface area contributed by atoms with Gasteiger partial charge in [0.25, 0.3) is 0 Å². The number of likely N-dealkylation sites (tertiary alicyclic amines) is 1. The Bertz CT molecular complexity index is 1730. The van der Waals surface area contributed by atoms with Crippen LogP contribution in [0.15, 0.2) is 42.9 Å². The molecule has 0 saturated carbocycles. The van der Waals surface area contributed by atoms with Crippen molar-refractivity contribution >= 4 is 41.8 Å². The molecule has 0 bridgehead atoms. The van der Waals surface area contributed by atoms with Gasteiger partial charge in [-0.25, -0.2) is 14.8 Å². The van der Waals surface area contributed by atoms with Crippen LogP contribution >= 0.6 is 0 Å².